The first-order chi connectivity index (χ1) is 7.09. The lowest BCUT2D eigenvalue weighted by Gasteiger charge is -1.99. The van der Waals surface area contributed by atoms with Crippen molar-refractivity contribution in [2.75, 3.05) is 0 Å². The third-order valence-electron chi connectivity index (χ3n) is 2.09. The van der Waals surface area contributed by atoms with Gasteiger partial charge in [0.05, 0.1) is 5.69 Å². The summed E-state index contributed by atoms with van der Waals surface area (Å²) in [7, 11) is 1.78. The van der Waals surface area contributed by atoms with Gasteiger partial charge in [0, 0.05) is 27.8 Å². The summed E-state index contributed by atoms with van der Waals surface area (Å²) in [6.07, 6.45) is 0. The molecule has 0 atom stereocenters. The van der Waals surface area contributed by atoms with Crippen LogP contribution in [0.25, 0.3) is 0 Å². The van der Waals surface area contributed by atoms with Gasteiger partial charge in [-0.2, -0.15) is 16.4 Å². The first kappa shape index (κ1) is 10.6. The van der Waals surface area contributed by atoms with Crippen LogP contribution in [-0.2, 0) is 7.05 Å². The second-order valence-electron chi connectivity index (χ2n) is 3.26. The quantitative estimate of drug-likeness (QED) is 0.795. The minimum absolute atomic E-state index is 0.00576. The van der Waals surface area contributed by atoms with E-state index in [1.165, 1.54) is 11.3 Å². The molecule has 2 heterocycles. The fourth-order valence-corrected chi connectivity index (χ4v) is 2.86. The van der Waals surface area contributed by atoms with Crippen molar-refractivity contribution >= 4 is 33.0 Å². The van der Waals surface area contributed by atoms with Gasteiger partial charge in [0.2, 0.25) is 5.78 Å². The smallest absolute Gasteiger partial charge is 0.212 e. The minimum atomic E-state index is 0.00576. The Hall–Kier alpha value is -0.940. The molecule has 0 aliphatic carbocycles. The second-order valence-corrected chi connectivity index (χ2v) is 4.85. The maximum atomic E-state index is 12.1. The third-order valence-corrected chi connectivity index (χ3v) is 3.80. The van der Waals surface area contributed by atoms with E-state index in [1.807, 2.05) is 17.7 Å². The van der Waals surface area contributed by atoms with Gasteiger partial charge in [-0.15, -0.1) is 0 Å². The Morgan fingerprint density at radius 3 is 2.73 bits per heavy atom. The zero-order valence-corrected chi connectivity index (χ0v) is 10.7. The molecule has 2 aromatic heterocycles. The third kappa shape index (κ3) is 1.89. The first-order valence-electron chi connectivity index (χ1n) is 4.36. The molecular weight excluding hydrogens is 276 g/mol. The number of thiophene rings is 1. The molecule has 0 spiro atoms. The van der Waals surface area contributed by atoms with Crippen molar-refractivity contribution in [3.05, 3.63) is 38.3 Å². The van der Waals surface area contributed by atoms with E-state index in [1.54, 1.807) is 17.8 Å². The van der Waals surface area contributed by atoms with E-state index in [0.29, 0.717) is 11.3 Å². The molecule has 0 aliphatic heterocycles. The Morgan fingerprint density at radius 1 is 1.53 bits per heavy atom. The Balaban J connectivity index is 2.45. The molecule has 0 bridgehead atoms. The van der Waals surface area contributed by atoms with Crippen molar-refractivity contribution in [2.45, 2.75) is 6.92 Å². The fourth-order valence-electron chi connectivity index (χ4n) is 1.40. The van der Waals surface area contributed by atoms with Gasteiger partial charge in [-0.05, 0) is 28.9 Å². The number of halogens is 1. The SMILES string of the molecule is Cc1cc(C(=O)c2cscc2Br)n(C)n1. The highest BCUT2D eigenvalue weighted by atomic mass is 79.9. The van der Waals surface area contributed by atoms with Crippen molar-refractivity contribution < 1.29 is 4.79 Å². The molecule has 0 fully saturated rings. The molecule has 3 nitrogen and oxygen atoms in total. The average molecular weight is 285 g/mol. The maximum absolute atomic E-state index is 12.1. The standard InChI is InChI=1S/C10H9BrN2OS/c1-6-3-9(13(2)12-6)10(14)7-4-15-5-8(7)11/h3-5H,1-2H3. The molecule has 2 aromatic rings. The van der Waals surface area contributed by atoms with E-state index in [-0.39, 0.29) is 5.78 Å². The maximum Gasteiger partial charge on any atom is 0.212 e. The van der Waals surface area contributed by atoms with Crippen LogP contribution in [0, 0.1) is 6.92 Å². The molecular formula is C10H9BrN2OS. The molecule has 5 heteroatoms. The molecule has 2 rings (SSSR count). The topological polar surface area (TPSA) is 34.9 Å². The van der Waals surface area contributed by atoms with Gasteiger partial charge < -0.3 is 0 Å². The normalized spacial score (nSPS) is 10.6. The van der Waals surface area contributed by atoms with Gasteiger partial charge in [-0.3, -0.25) is 9.48 Å². The monoisotopic (exact) mass is 284 g/mol. The highest BCUT2D eigenvalue weighted by molar-refractivity contribution is 9.10. The van der Waals surface area contributed by atoms with E-state index in [9.17, 15) is 4.79 Å². The number of nitrogens with zero attached hydrogens (tertiary/aromatic N) is 2. The largest absolute Gasteiger partial charge is 0.287 e. The van der Waals surface area contributed by atoms with Crippen LogP contribution in [0.4, 0.5) is 0 Å². The van der Waals surface area contributed by atoms with Crippen LogP contribution in [0.2, 0.25) is 0 Å². The first-order valence-corrected chi connectivity index (χ1v) is 6.10. The summed E-state index contributed by atoms with van der Waals surface area (Å²) in [5, 5.41) is 7.90. The summed E-state index contributed by atoms with van der Waals surface area (Å²) in [6.45, 7) is 1.87. The number of aromatic nitrogens is 2. The van der Waals surface area contributed by atoms with Crippen molar-refractivity contribution in [3.63, 3.8) is 0 Å². The van der Waals surface area contributed by atoms with Crippen molar-refractivity contribution in [1.82, 2.24) is 9.78 Å². The number of hydrogen-bond acceptors (Lipinski definition) is 3. The lowest BCUT2D eigenvalue weighted by atomic mass is 10.1. The summed E-state index contributed by atoms with van der Waals surface area (Å²) in [4.78, 5) is 12.1. The fraction of sp³-hybridized carbons (Fsp3) is 0.200. The van der Waals surface area contributed by atoms with Gasteiger partial charge in [-0.1, -0.05) is 0 Å². The Kier molecular flexibility index (Phi) is 2.75. The molecule has 0 aliphatic rings. The summed E-state index contributed by atoms with van der Waals surface area (Å²) in [5.41, 5.74) is 2.17. The number of aryl methyl sites for hydroxylation is 2. The van der Waals surface area contributed by atoms with E-state index in [2.05, 4.69) is 21.0 Å². The van der Waals surface area contributed by atoms with Crippen molar-refractivity contribution in [1.29, 1.82) is 0 Å². The predicted octanol–water partition coefficient (Wildman–Crippen LogP) is 2.78. The predicted molar refractivity (Wildman–Crippen MR) is 63.4 cm³/mol. The minimum Gasteiger partial charge on any atom is -0.287 e. The molecule has 0 radical (unpaired) electrons. The highest BCUT2D eigenvalue weighted by Gasteiger charge is 2.17. The lowest BCUT2D eigenvalue weighted by molar-refractivity contribution is 0.103. The lowest BCUT2D eigenvalue weighted by Crippen LogP contribution is -2.07. The zero-order valence-electron chi connectivity index (χ0n) is 8.32. The summed E-state index contributed by atoms with van der Waals surface area (Å²) in [6, 6.07) is 1.80. The zero-order chi connectivity index (χ0) is 11.0. The number of carbonyl (C=O) groups excluding carboxylic acids is 1. The average Bonchev–Trinajstić information content (AvgIpc) is 2.71. The Morgan fingerprint density at radius 2 is 2.27 bits per heavy atom. The van der Waals surface area contributed by atoms with Gasteiger partial charge >= 0.3 is 0 Å². The van der Waals surface area contributed by atoms with E-state index < -0.39 is 0 Å². The van der Waals surface area contributed by atoms with E-state index >= 15 is 0 Å². The van der Waals surface area contributed by atoms with Crippen LogP contribution in [0.1, 0.15) is 21.7 Å². The van der Waals surface area contributed by atoms with Crippen LogP contribution >= 0.6 is 27.3 Å². The summed E-state index contributed by atoms with van der Waals surface area (Å²) >= 11 is 4.86. The molecule has 0 saturated heterocycles. The molecule has 0 N–H and O–H groups in total. The van der Waals surface area contributed by atoms with Crippen molar-refractivity contribution in [2.24, 2.45) is 7.05 Å². The summed E-state index contributed by atoms with van der Waals surface area (Å²) in [5.74, 6) is 0.00576. The van der Waals surface area contributed by atoms with Gasteiger partial charge in [0.1, 0.15) is 5.69 Å². The Labute approximate surface area is 99.9 Å². The van der Waals surface area contributed by atoms with Crippen LogP contribution < -0.4 is 0 Å². The van der Waals surface area contributed by atoms with Crippen LogP contribution in [0.5, 0.6) is 0 Å². The van der Waals surface area contributed by atoms with Gasteiger partial charge in [-0.25, -0.2) is 0 Å². The van der Waals surface area contributed by atoms with Gasteiger partial charge in [0.15, 0.2) is 0 Å². The van der Waals surface area contributed by atoms with E-state index in [0.717, 1.165) is 10.2 Å². The Bertz CT molecular complexity index is 515. The number of hydrogen-bond donors (Lipinski definition) is 0. The molecule has 0 amide bonds. The van der Waals surface area contributed by atoms with E-state index in [4.69, 9.17) is 0 Å². The van der Waals surface area contributed by atoms with Crippen LogP contribution in [0.3, 0.4) is 0 Å². The van der Waals surface area contributed by atoms with Gasteiger partial charge in [0.25, 0.3) is 0 Å². The van der Waals surface area contributed by atoms with Crippen molar-refractivity contribution in [3.8, 4) is 0 Å². The molecule has 78 valence electrons. The molecule has 15 heavy (non-hydrogen) atoms. The molecule has 0 unspecified atom stereocenters. The van der Waals surface area contributed by atoms with Crippen LogP contribution in [0.15, 0.2) is 21.3 Å². The molecule has 0 saturated carbocycles. The molecule has 0 aromatic carbocycles. The number of ketones is 1. The second kappa shape index (κ2) is 3.90. The number of carbonyl (C=O) groups is 1. The number of rotatable bonds is 2. The summed E-state index contributed by atoms with van der Waals surface area (Å²) < 4.78 is 2.46. The van der Waals surface area contributed by atoms with Crippen LogP contribution in [-0.4, -0.2) is 15.6 Å². The highest BCUT2D eigenvalue weighted by Crippen LogP contribution is 2.24.